The molecule has 3 atom stereocenters. The second-order valence-electron chi connectivity index (χ2n) is 7.53. The maximum Gasteiger partial charge on any atom is 0.109 e. The Bertz CT molecular complexity index is 400. The molecule has 4 nitrogen and oxygen atoms in total. The maximum absolute atomic E-state index is 9.75. The van der Waals surface area contributed by atoms with E-state index in [0.29, 0.717) is 18.0 Å². The summed E-state index contributed by atoms with van der Waals surface area (Å²) in [6, 6.07) is 3.95. The molecule has 0 radical (unpaired) electrons. The number of nitriles is 1. The standard InChI is InChI=1S/C17H30N4/c1-14-12-20(2)10-11-21(14)9-7-15-4-3-8-17(15,13-18)19-16-5-6-16/h14-16,19H,3-12H2,1-2H3. The minimum absolute atomic E-state index is 0.211. The number of nitrogens with one attached hydrogen (secondary N) is 1. The summed E-state index contributed by atoms with van der Waals surface area (Å²) in [5.74, 6) is 0.551. The Morgan fingerprint density at radius 2 is 2.10 bits per heavy atom. The van der Waals surface area contributed by atoms with Gasteiger partial charge in [-0.3, -0.25) is 10.2 Å². The van der Waals surface area contributed by atoms with Crippen molar-refractivity contribution in [3.63, 3.8) is 0 Å². The molecule has 1 aliphatic heterocycles. The van der Waals surface area contributed by atoms with Crippen molar-refractivity contribution < 1.29 is 0 Å². The number of piperazine rings is 1. The van der Waals surface area contributed by atoms with Crippen molar-refractivity contribution in [3.05, 3.63) is 0 Å². The summed E-state index contributed by atoms with van der Waals surface area (Å²) in [5, 5.41) is 13.4. The Kier molecular flexibility index (Phi) is 4.54. The van der Waals surface area contributed by atoms with Gasteiger partial charge >= 0.3 is 0 Å². The van der Waals surface area contributed by atoms with Gasteiger partial charge in [0, 0.05) is 31.7 Å². The Balaban J connectivity index is 1.55. The first-order chi connectivity index (χ1) is 10.1. The molecule has 0 bridgehead atoms. The largest absolute Gasteiger partial charge is 0.304 e. The van der Waals surface area contributed by atoms with E-state index in [9.17, 15) is 5.26 Å². The molecule has 118 valence electrons. The molecule has 0 aromatic rings. The summed E-state index contributed by atoms with van der Waals surface area (Å²) in [6.45, 7) is 7.03. The molecule has 4 heteroatoms. The van der Waals surface area contributed by atoms with Crippen LogP contribution in [0.1, 0.15) is 45.4 Å². The third-order valence-corrected chi connectivity index (χ3v) is 5.79. The summed E-state index contributed by atoms with van der Waals surface area (Å²) in [5.41, 5.74) is -0.211. The van der Waals surface area contributed by atoms with Gasteiger partial charge in [-0.05, 0) is 58.5 Å². The highest BCUT2D eigenvalue weighted by molar-refractivity contribution is 5.16. The molecule has 0 amide bonds. The van der Waals surface area contributed by atoms with Crippen molar-refractivity contribution in [2.24, 2.45) is 5.92 Å². The fourth-order valence-corrected chi connectivity index (χ4v) is 4.26. The van der Waals surface area contributed by atoms with Crippen LogP contribution in [0.2, 0.25) is 0 Å². The minimum Gasteiger partial charge on any atom is -0.304 e. The summed E-state index contributed by atoms with van der Waals surface area (Å²) in [7, 11) is 2.21. The van der Waals surface area contributed by atoms with E-state index in [1.165, 1.54) is 51.7 Å². The first kappa shape index (κ1) is 15.3. The van der Waals surface area contributed by atoms with Crippen LogP contribution in [0.25, 0.3) is 0 Å². The SMILES string of the molecule is CC1CN(C)CCN1CCC1CCCC1(C#N)NC1CC1. The number of nitrogens with zero attached hydrogens (tertiary/aromatic N) is 3. The van der Waals surface area contributed by atoms with Crippen molar-refractivity contribution in [3.8, 4) is 6.07 Å². The third kappa shape index (κ3) is 3.41. The van der Waals surface area contributed by atoms with E-state index in [0.717, 1.165) is 13.0 Å². The zero-order chi connectivity index (χ0) is 14.9. The lowest BCUT2D eigenvalue weighted by atomic mass is 9.85. The second kappa shape index (κ2) is 6.24. The highest BCUT2D eigenvalue weighted by Crippen LogP contribution is 2.40. The zero-order valence-electron chi connectivity index (χ0n) is 13.6. The molecular weight excluding hydrogens is 260 g/mol. The van der Waals surface area contributed by atoms with Crippen LogP contribution in [-0.4, -0.2) is 60.6 Å². The van der Waals surface area contributed by atoms with Gasteiger partial charge in [0.15, 0.2) is 0 Å². The second-order valence-corrected chi connectivity index (χ2v) is 7.53. The number of hydrogen-bond acceptors (Lipinski definition) is 4. The average molecular weight is 290 g/mol. The first-order valence-corrected chi connectivity index (χ1v) is 8.74. The van der Waals surface area contributed by atoms with Crippen LogP contribution in [0.5, 0.6) is 0 Å². The lowest BCUT2D eigenvalue weighted by Crippen LogP contribution is -2.52. The summed E-state index contributed by atoms with van der Waals surface area (Å²) in [6.07, 6.45) is 7.23. The summed E-state index contributed by atoms with van der Waals surface area (Å²) < 4.78 is 0. The lowest BCUT2D eigenvalue weighted by molar-refractivity contribution is 0.0908. The van der Waals surface area contributed by atoms with Gasteiger partial charge in [-0.2, -0.15) is 5.26 Å². The molecule has 1 N–H and O–H groups in total. The third-order valence-electron chi connectivity index (χ3n) is 5.79. The smallest absolute Gasteiger partial charge is 0.109 e. The molecule has 2 saturated carbocycles. The summed E-state index contributed by atoms with van der Waals surface area (Å²) in [4.78, 5) is 5.04. The molecule has 1 heterocycles. The van der Waals surface area contributed by atoms with E-state index in [1.807, 2.05) is 0 Å². The first-order valence-electron chi connectivity index (χ1n) is 8.74. The molecule has 3 aliphatic rings. The van der Waals surface area contributed by atoms with Gasteiger partial charge in [-0.1, -0.05) is 6.42 Å². The van der Waals surface area contributed by atoms with Crippen LogP contribution in [0.4, 0.5) is 0 Å². The van der Waals surface area contributed by atoms with Gasteiger partial charge in [0.2, 0.25) is 0 Å². The van der Waals surface area contributed by atoms with Crippen molar-refractivity contribution in [1.29, 1.82) is 5.26 Å². The Morgan fingerprint density at radius 1 is 1.29 bits per heavy atom. The topological polar surface area (TPSA) is 42.3 Å². The van der Waals surface area contributed by atoms with E-state index in [-0.39, 0.29) is 5.54 Å². The monoisotopic (exact) mass is 290 g/mol. The highest BCUT2D eigenvalue weighted by atomic mass is 15.3. The van der Waals surface area contributed by atoms with Crippen LogP contribution in [0, 0.1) is 17.2 Å². The van der Waals surface area contributed by atoms with Crippen LogP contribution in [-0.2, 0) is 0 Å². The van der Waals surface area contributed by atoms with Gasteiger partial charge in [0.05, 0.1) is 6.07 Å². The summed E-state index contributed by atoms with van der Waals surface area (Å²) >= 11 is 0. The van der Waals surface area contributed by atoms with Crippen LogP contribution >= 0.6 is 0 Å². The fourth-order valence-electron chi connectivity index (χ4n) is 4.26. The highest BCUT2D eigenvalue weighted by Gasteiger charge is 2.46. The molecule has 0 spiro atoms. The van der Waals surface area contributed by atoms with E-state index >= 15 is 0 Å². The van der Waals surface area contributed by atoms with Crippen LogP contribution in [0.3, 0.4) is 0 Å². The predicted molar refractivity (Wildman–Crippen MR) is 85.0 cm³/mol. The predicted octanol–water partition coefficient (Wildman–Crippen LogP) is 1.83. The van der Waals surface area contributed by atoms with Crippen LogP contribution in [0.15, 0.2) is 0 Å². The van der Waals surface area contributed by atoms with Gasteiger partial charge in [-0.25, -0.2) is 0 Å². The molecule has 3 fully saturated rings. The number of likely N-dealkylation sites (N-methyl/N-ethyl adjacent to an activating group) is 1. The Morgan fingerprint density at radius 3 is 2.76 bits per heavy atom. The molecule has 1 saturated heterocycles. The molecule has 0 aromatic carbocycles. The average Bonchev–Trinajstić information content (AvgIpc) is 3.18. The van der Waals surface area contributed by atoms with Gasteiger partial charge in [-0.15, -0.1) is 0 Å². The van der Waals surface area contributed by atoms with Crippen molar-refractivity contribution in [2.75, 3.05) is 33.2 Å². The Hall–Kier alpha value is -0.630. The molecule has 3 unspecified atom stereocenters. The number of rotatable bonds is 5. The van der Waals surface area contributed by atoms with E-state index in [2.05, 4.69) is 35.2 Å². The number of hydrogen-bond donors (Lipinski definition) is 1. The van der Waals surface area contributed by atoms with E-state index < -0.39 is 0 Å². The van der Waals surface area contributed by atoms with E-state index in [4.69, 9.17) is 0 Å². The molecule has 2 aliphatic carbocycles. The van der Waals surface area contributed by atoms with Gasteiger partial charge in [0.25, 0.3) is 0 Å². The van der Waals surface area contributed by atoms with Crippen molar-refractivity contribution in [1.82, 2.24) is 15.1 Å². The minimum atomic E-state index is -0.211. The quantitative estimate of drug-likeness (QED) is 0.839. The molecule has 0 aromatic heterocycles. The maximum atomic E-state index is 9.75. The van der Waals surface area contributed by atoms with Crippen LogP contribution < -0.4 is 5.32 Å². The fraction of sp³-hybridized carbons (Fsp3) is 0.941. The normalized spacial score (nSPS) is 38.5. The molecular formula is C17H30N4. The molecule has 21 heavy (non-hydrogen) atoms. The molecule has 3 rings (SSSR count). The van der Waals surface area contributed by atoms with Gasteiger partial charge in [0.1, 0.15) is 5.54 Å². The lowest BCUT2D eigenvalue weighted by Gasteiger charge is -2.39. The van der Waals surface area contributed by atoms with Gasteiger partial charge < -0.3 is 4.90 Å². The zero-order valence-corrected chi connectivity index (χ0v) is 13.6. The van der Waals surface area contributed by atoms with E-state index in [1.54, 1.807) is 0 Å². The van der Waals surface area contributed by atoms with Crippen molar-refractivity contribution in [2.45, 2.75) is 63.1 Å². The Labute approximate surface area is 129 Å². The van der Waals surface area contributed by atoms with Crippen molar-refractivity contribution >= 4 is 0 Å².